The van der Waals surface area contributed by atoms with Crippen molar-refractivity contribution in [2.75, 3.05) is 23.3 Å². The number of benzene rings is 3. The molecule has 6 nitrogen and oxygen atoms in total. The van der Waals surface area contributed by atoms with Crippen molar-refractivity contribution in [1.29, 1.82) is 0 Å². The highest BCUT2D eigenvalue weighted by Gasteiger charge is 2.40. The number of phenols is 1. The van der Waals surface area contributed by atoms with Crippen molar-refractivity contribution in [2.24, 2.45) is 5.92 Å². The van der Waals surface area contributed by atoms with E-state index < -0.39 is 10.0 Å². The first-order valence-corrected chi connectivity index (χ1v) is 13.0. The molecular formula is C27H26N2O4S. The first-order chi connectivity index (χ1) is 16.5. The van der Waals surface area contributed by atoms with E-state index >= 15 is 0 Å². The second kappa shape index (κ2) is 7.81. The van der Waals surface area contributed by atoms with Crippen LogP contribution in [0.5, 0.6) is 11.5 Å². The predicted octanol–water partition coefficient (Wildman–Crippen LogP) is 4.98. The molecule has 3 unspecified atom stereocenters. The van der Waals surface area contributed by atoms with Crippen LogP contribution >= 0.6 is 0 Å². The topological polar surface area (TPSA) is 78.9 Å². The Hall–Kier alpha value is -3.45. The molecule has 0 amide bonds. The summed E-state index contributed by atoms with van der Waals surface area (Å²) in [7, 11) is -2.13. The van der Waals surface area contributed by atoms with Gasteiger partial charge in [0.1, 0.15) is 0 Å². The molecule has 174 valence electrons. The number of aromatic hydroxyl groups is 1. The Morgan fingerprint density at radius 2 is 1.91 bits per heavy atom. The number of anilines is 2. The third-order valence-electron chi connectivity index (χ3n) is 7.35. The van der Waals surface area contributed by atoms with Gasteiger partial charge in [-0.15, -0.1) is 0 Å². The molecule has 0 spiro atoms. The fourth-order valence-electron chi connectivity index (χ4n) is 5.68. The fourth-order valence-corrected chi connectivity index (χ4v) is 7.22. The van der Waals surface area contributed by atoms with Crippen LogP contribution in [-0.4, -0.2) is 27.2 Å². The number of fused-ring (bicyclic) bond motifs is 4. The van der Waals surface area contributed by atoms with Gasteiger partial charge in [-0.1, -0.05) is 42.5 Å². The summed E-state index contributed by atoms with van der Waals surface area (Å²) < 4.78 is 34.1. The Morgan fingerprint density at radius 3 is 2.76 bits per heavy atom. The second-order valence-electron chi connectivity index (χ2n) is 9.08. The molecule has 3 atom stereocenters. The van der Waals surface area contributed by atoms with Crippen LogP contribution in [0.1, 0.15) is 35.1 Å². The first kappa shape index (κ1) is 21.1. The Balaban J connectivity index is 1.39. The van der Waals surface area contributed by atoms with E-state index in [1.54, 1.807) is 19.2 Å². The van der Waals surface area contributed by atoms with E-state index in [1.165, 1.54) is 4.31 Å². The van der Waals surface area contributed by atoms with Crippen LogP contribution in [0.4, 0.5) is 11.4 Å². The third kappa shape index (κ3) is 3.10. The number of sulfonamides is 1. The number of nitrogens with zero attached hydrogens (tertiary/aromatic N) is 1. The van der Waals surface area contributed by atoms with Gasteiger partial charge in [0.2, 0.25) is 0 Å². The monoisotopic (exact) mass is 474 g/mol. The van der Waals surface area contributed by atoms with Crippen molar-refractivity contribution >= 4 is 21.4 Å². The first-order valence-electron chi connectivity index (χ1n) is 11.5. The molecular weight excluding hydrogens is 448 g/mol. The average Bonchev–Trinajstić information content (AvgIpc) is 3.51. The molecule has 1 aliphatic carbocycles. The molecule has 0 radical (unpaired) electrons. The van der Waals surface area contributed by atoms with Gasteiger partial charge in [0.05, 0.1) is 23.7 Å². The lowest BCUT2D eigenvalue weighted by Crippen LogP contribution is -2.31. The summed E-state index contributed by atoms with van der Waals surface area (Å²) in [5, 5.41) is 14.4. The van der Waals surface area contributed by atoms with Crippen LogP contribution in [-0.2, 0) is 16.4 Å². The van der Waals surface area contributed by atoms with Gasteiger partial charge < -0.3 is 15.2 Å². The lowest BCUT2D eigenvalue weighted by molar-refractivity contribution is 0.358. The summed E-state index contributed by atoms with van der Waals surface area (Å²) >= 11 is 0. The number of hydrogen-bond acceptors (Lipinski definition) is 5. The minimum Gasteiger partial charge on any atom is -0.504 e. The summed E-state index contributed by atoms with van der Waals surface area (Å²) in [6, 6.07) is 18.5. The number of ether oxygens (including phenoxy) is 1. The molecule has 3 aliphatic rings. The van der Waals surface area contributed by atoms with E-state index in [9.17, 15) is 13.5 Å². The van der Waals surface area contributed by atoms with Gasteiger partial charge in [-0.2, -0.15) is 0 Å². The Labute approximate surface area is 199 Å². The molecule has 7 heteroatoms. The largest absolute Gasteiger partial charge is 0.504 e. The van der Waals surface area contributed by atoms with Crippen LogP contribution in [0.2, 0.25) is 0 Å². The van der Waals surface area contributed by atoms with Crippen LogP contribution in [0.3, 0.4) is 0 Å². The number of para-hydroxylation sites is 2. The smallest absolute Gasteiger partial charge is 0.264 e. The van der Waals surface area contributed by atoms with Crippen LogP contribution in [0.25, 0.3) is 0 Å². The minimum atomic E-state index is -3.67. The number of hydrogen-bond donors (Lipinski definition) is 2. The zero-order chi connectivity index (χ0) is 23.4. The number of nitrogens with one attached hydrogen (secondary N) is 1. The van der Waals surface area contributed by atoms with Crippen molar-refractivity contribution in [3.63, 3.8) is 0 Å². The quantitative estimate of drug-likeness (QED) is 0.522. The maximum Gasteiger partial charge on any atom is 0.264 e. The lowest BCUT2D eigenvalue weighted by atomic mass is 9.77. The molecule has 0 bridgehead atoms. The summed E-state index contributed by atoms with van der Waals surface area (Å²) in [5.41, 5.74) is 4.48. The highest BCUT2D eigenvalue weighted by molar-refractivity contribution is 7.92. The molecule has 34 heavy (non-hydrogen) atoms. The Kier molecular flexibility index (Phi) is 4.85. The zero-order valence-electron chi connectivity index (χ0n) is 18.8. The molecule has 0 fully saturated rings. The highest BCUT2D eigenvalue weighted by Crippen LogP contribution is 2.52. The van der Waals surface area contributed by atoms with E-state index in [0.29, 0.717) is 17.2 Å². The van der Waals surface area contributed by atoms with Crippen molar-refractivity contribution in [2.45, 2.75) is 29.7 Å². The van der Waals surface area contributed by atoms with E-state index in [4.69, 9.17) is 4.74 Å². The highest BCUT2D eigenvalue weighted by atomic mass is 32.2. The molecule has 2 N–H and O–H groups in total. The van der Waals surface area contributed by atoms with Gasteiger partial charge in [0.15, 0.2) is 11.5 Å². The van der Waals surface area contributed by atoms with E-state index in [0.717, 1.165) is 40.9 Å². The van der Waals surface area contributed by atoms with E-state index in [1.807, 2.05) is 48.5 Å². The molecule has 3 aromatic rings. The summed E-state index contributed by atoms with van der Waals surface area (Å²) in [6.45, 7) is 0.458. The lowest BCUT2D eigenvalue weighted by Gasteiger charge is -2.38. The predicted molar refractivity (Wildman–Crippen MR) is 132 cm³/mol. The number of methoxy groups -OCH3 is 1. The maximum atomic E-state index is 13.6. The normalized spacial score (nSPS) is 22.6. The molecule has 0 saturated heterocycles. The molecule has 2 heterocycles. The Morgan fingerprint density at radius 1 is 1.06 bits per heavy atom. The SMILES string of the molecule is COc1cccc(C2Nc3ccc(S(=O)(=O)N4CCc5ccccc54)cc3C3C=CCC32)c1O. The average molecular weight is 475 g/mol. The van der Waals surface area contributed by atoms with Crippen LogP contribution < -0.4 is 14.4 Å². The van der Waals surface area contributed by atoms with Gasteiger partial charge in [0.25, 0.3) is 10.0 Å². The van der Waals surface area contributed by atoms with Crippen molar-refractivity contribution in [1.82, 2.24) is 0 Å². The summed E-state index contributed by atoms with van der Waals surface area (Å²) in [4.78, 5) is 0.312. The summed E-state index contributed by atoms with van der Waals surface area (Å²) in [5.74, 6) is 0.812. The van der Waals surface area contributed by atoms with Gasteiger partial charge in [-0.05, 0) is 60.2 Å². The van der Waals surface area contributed by atoms with E-state index in [2.05, 4.69) is 17.5 Å². The maximum absolute atomic E-state index is 13.6. The Bertz CT molecular complexity index is 1420. The molecule has 0 saturated carbocycles. The van der Waals surface area contributed by atoms with Crippen LogP contribution in [0.15, 0.2) is 77.7 Å². The third-order valence-corrected chi connectivity index (χ3v) is 9.16. The molecule has 0 aromatic heterocycles. The number of rotatable bonds is 4. The van der Waals surface area contributed by atoms with Crippen molar-refractivity contribution in [3.8, 4) is 11.5 Å². The zero-order valence-corrected chi connectivity index (χ0v) is 19.6. The van der Waals surface area contributed by atoms with Gasteiger partial charge >= 0.3 is 0 Å². The standard InChI is InChI=1S/C27H26N2O4S/c1-33-25-11-5-9-21(27(25)30)26-20-8-4-7-19(20)22-16-18(12-13-23(22)28-26)34(31,32)29-15-14-17-6-2-3-10-24(17)29/h2-7,9-13,16,19-20,26,28,30H,8,14-15H2,1H3. The van der Waals surface area contributed by atoms with Crippen molar-refractivity contribution in [3.05, 3.63) is 89.5 Å². The van der Waals surface area contributed by atoms with Gasteiger partial charge in [-0.25, -0.2) is 8.42 Å². The van der Waals surface area contributed by atoms with Crippen molar-refractivity contribution < 1.29 is 18.3 Å². The molecule has 6 rings (SSSR count). The van der Waals surface area contributed by atoms with Crippen LogP contribution in [0, 0.1) is 5.92 Å². The van der Waals surface area contributed by atoms with Gasteiger partial charge in [-0.3, -0.25) is 4.31 Å². The number of allylic oxidation sites excluding steroid dienone is 2. The second-order valence-corrected chi connectivity index (χ2v) is 10.9. The molecule has 3 aromatic carbocycles. The minimum absolute atomic E-state index is 0.0628. The molecule has 2 aliphatic heterocycles. The number of phenolic OH excluding ortho intramolecular Hbond substituents is 1. The summed E-state index contributed by atoms with van der Waals surface area (Å²) in [6.07, 6.45) is 5.88. The van der Waals surface area contributed by atoms with E-state index in [-0.39, 0.29) is 23.6 Å². The fraction of sp³-hybridized carbons (Fsp3) is 0.259. The van der Waals surface area contributed by atoms with Gasteiger partial charge in [0, 0.05) is 23.7 Å².